The highest BCUT2D eigenvalue weighted by Gasteiger charge is 2.07. The van der Waals surface area contributed by atoms with Crippen molar-refractivity contribution in [3.63, 3.8) is 0 Å². The van der Waals surface area contributed by atoms with E-state index in [2.05, 4.69) is 34.5 Å². The molecule has 0 bridgehead atoms. The van der Waals surface area contributed by atoms with Crippen LogP contribution in [0.1, 0.15) is 12.8 Å². The molecule has 5 nitrogen and oxygen atoms in total. The zero-order chi connectivity index (χ0) is 16.5. The predicted molar refractivity (Wildman–Crippen MR) is 103 cm³/mol. The number of thiophene rings is 1. The molecule has 0 saturated heterocycles. The molecule has 0 aliphatic rings. The molecule has 0 radical (unpaired) electrons. The Morgan fingerprint density at radius 1 is 1.39 bits per heavy atom. The van der Waals surface area contributed by atoms with E-state index in [4.69, 9.17) is 0 Å². The molecule has 1 amide bonds. The van der Waals surface area contributed by atoms with Gasteiger partial charge in [0.15, 0.2) is 5.82 Å². The van der Waals surface area contributed by atoms with Gasteiger partial charge in [-0.15, -0.1) is 11.3 Å². The van der Waals surface area contributed by atoms with Crippen LogP contribution in [-0.2, 0) is 4.79 Å². The number of amides is 1. The van der Waals surface area contributed by atoms with Crippen molar-refractivity contribution < 1.29 is 4.79 Å². The van der Waals surface area contributed by atoms with E-state index >= 15 is 0 Å². The summed E-state index contributed by atoms with van der Waals surface area (Å²) >= 11 is 1.64. The molecule has 8 heteroatoms. The minimum Gasteiger partial charge on any atom is -0.309 e. The van der Waals surface area contributed by atoms with Gasteiger partial charge in [-0.3, -0.25) is 9.89 Å². The number of carbonyl (C=O) groups is 1. The lowest BCUT2D eigenvalue weighted by molar-refractivity contribution is -0.116. The Morgan fingerprint density at radius 3 is 2.96 bits per heavy atom. The molecule has 0 unspecified atom stereocenters. The van der Waals surface area contributed by atoms with E-state index in [1.807, 2.05) is 45.2 Å². The molecule has 0 fully saturated rings. The number of rotatable bonds is 10. The Bertz CT molecular complexity index is 583. The van der Waals surface area contributed by atoms with E-state index in [9.17, 15) is 4.79 Å². The smallest absolute Gasteiger partial charge is 0.225 e. The molecule has 2 aromatic heterocycles. The van der Waals surface area contributed by atoms with Crippen LogP contribution in [-0.4, -0.2) is 53.2 Å². The summed E-state index contributed by atoms with van der Waals surface area (Å²) < 4.78 is 0. The van der Waals surface area contributed by atoms with Gasteiger partial charge in [-0.1, -0.05) is 27.7 Å². The van der Waals surface area contributed by atoms with E-state index < -0.39 is 0 Å². The predicted octanol–water partition coefficient (Wildman–Crippen LogP) is 3.80. The summed E-state index contributed by atoms with van der Waals surface area (Å²) in [5.41, 5.74) is 0.933. The standard InChI is InChI=1S/C15H22N4OS3/c1-19(2)7-10-23-22-9-4-6-15(20)16-14-11-12(17-18-14)13-5-3-8-21-13/h3,5,8,11H,4,6-7,9-10H2,1-2H3,(H2,16,17,18,20). The maximum absolute atomic E-state index is 11.9. The maximum Gasteiger partial charge on any atom is 0.225 e. The molecule has 0 atom stereocenters. The number of hydrogen-bond acceptors (Lipinski definition) is 6. The van der Waals surface area contributed by atoms with Crippen molar-refractivity contribution in [2.24, 2.45) is 0 Å². The highest BCUT2D eigenvalue weighted by molar-refractivity contribution is 8.76. The Balaban J connectivity index is 1.60. The molecule has 0 aliphatic carbocycles. The molecule has 0 aliphatic heterocycles. The summed E-state index contributed by atoms with van der Waals surface area (Å²) in [5.74, 6) is 2.72. The van der Waals surface area contributed by atoms with E-state index in [-0.39, 0.29) is 5.91 Å². The van der Waals surface area contributed by atoms with Crippen LogP contribution < -0.4 is 5.32 Å². The lowest BCUT2D eigenvalue weighted by atomic mass is 10.3. The highest BCUT2D eigenvalue weighted by Crippen LogP contribution is 2.25. The van der Waals surface area contributed by atoms with Crippen molar-refractivity contribution >= 4 is 44.6 Å². The molecular weight excluding hydrogens is 348 g/mol. The second-order valence-electron chi connectivity index (χ2n) is 5.24. The first-order valence-corrected chi connectivity index (χ1v) is 10.8. The van der Waals surface area contributed by atoms with Gasteiger partial charge >= 0.3 is 0 Å². The van der Waals surface area contributed by atoms with Gasteiger partial charge < -0.3 is 10.2 Å². The second kappa shape index (κ2) is 10.0. The first-order valence-electron chi connectivity index (χ1n) is 7.43. The van der Waals surface area contributed by atoms with Crippen molar-refractivity contribution in [1.29, 1.82) is 0 Å². The van der Waals surface area contributed by atoms with Crippen LogP contribution in [0.4, 0.5) is 5.82 Å². The molecule has 2 aromatic rings. The van der Waals surface area contributed by atoms with E-state index in [1.165, 1.54) is 0 Å². The number of aromatic amines is 1. The number of anilines is 1. The summed E-state index contributed by atoms with van der Waals surface area (Å²) in [5, 5.41) is 11.9. The Hall–Kier alpha value is -0.960. The summed E-state index contributed by atoms with van der Waals surface area (Å²) in [6, 6.07) is 5.89. The fraction of sp³-hybridized carbons (Fsp3) is 0.467. The number of carbonyl (C=O) groups excluding carboxylic acids is 1. The van der Waals surface area contributed by atoms with Crippen LogP contribution >= 0.6 is 32.9 Å². The van der Waals surface area contributed by atoms with E-state index in [1.54, 1.807) is 11.3 Å². The van der Waals surface area contributed by atoms with Gasteiger partial charge in [-0.05, 0) is 32.0 Å². The van der Waals surface area contributed by atoms with Crippen molar-refractivity contribution in [2.75, 3.05) is 37.5 Å². The summed E-state index contributed by atoms with van der Waals surface area (Å²) in [4.78, 5) is 15.2. The van der Waals surface area contributed by atoms with Crippen LogP contribution in [0.15, 0.2) is 23.6 Å². The highest BCUT2D eigenvalue weighted by atomic mass is 33.1. The van der Waals surface area contributed by atoms with Crippen molar-refractivity contribution in [3.8, 4) is 10.6 Å². The van der Waals surface area contributed by atoms with Gasteiger partial charge in [0.1, 0.15) is 0 Å². The topological polar surface area (TPSA) is 61.0 Å². The average molecular weight is 371 g/mol. The maximum atomic E-state index is 11.9. The van der Waals surface area contributed by atoms with Crippen molar-refractivity contribution in [3.05, 3.63) is 23.6 Å². The fourth-order valence-electron chi connectivity index (χ4n) is 1.78. The normalized spacial score (nSPS) is 11.1. The number of aromatic nitrogens is 2. The lowest BCUT2D eigenvalue weighted by Gasteiger charge is -2.07. The first-order chi connectivity index (χ1) is 11.1. The second-order valence-corrected chi connectivity index (χ2v) is 8.89. The van der Waals surface area contributed by atoms with Crippen molar-refractivity contribution in [1.82, 2.24) is 15.1 Å². The van der Waals surface area contributed by atoms with Crippen LogP contribution in [0.3, 0.4) is 0 Å². The van der Waals surface area contributed by atoms with E-state index in [0.29, 0.717) is 12.2 Å². The Labute approximate surface area is 149 Å². The summed E-state index contributed by atoms with van der Waals surface area (Å²) in [7, 11) is 7.86. The third kappa shape index (κ3) is 6.99. The average Bonchev–Trinajstić information content (AvgIpc) is 3.16. The molecule has 0 spiro atoms. The van der Waals surface area contributed by atoms with Gasteiger partial charge in [0.05, 0.1) is 10.6 Å². The van der Waals surface area contributed by atoms with Crippen LogP contribution in [0.25, 0.3) is 10.6 Å². The minimum absolute atomic E-state index is 0.0214. The zero-order valence-electron chi connectivity index (χ0n) is 13.4. The monoisotopic (exact) mass is 370 g/mol. The summed E-state index contributed by atoms with van der Waals surface area (Å²) in [6.45, 7) is 1.09. The van der Waals surface area contributed by atoms with Gasteiger partial charge in [0.2, 0.25) is 5.91 Å². The fourth-order valence-corrected chi connectivity index (χ4v) is 4.69. The Kier molecular flexibility index (Phi) is 8.01. The summed E-state index contributed by atoms with van der Waals surface area (Å²) in [6.07, 6.45) is 1.41. The number of hydrogen-bond donors (Lipinski definition) is 2. The molecule has 0 aromatic carbocycles. The zero-order valence-corrected chi connectivity index (χ0v) is 15.8. The van der Waals surface area contributed by atoms with Gasteiger partial charge in [0.25, 0.3) is 0 Å². The molecule has 23 heavy (non-hydrogen) atoms. The van der Waals surface area contributed by atoms with Crippen molar-refractivity contribution in [2.45, 2.75) is 12.8 Å². The number of nitrogens with zero attached hydrogens (tertiary/aromatic N) is 2. The van der Waals surface area contributed by atoms with E-state index in [0.717, 1.165) is 35.0 Å². The molecule has 2 heterocycles. The van der Waals surface area contributed by atoms with Gasteiger partial charge in [-0.25, -0.2) is 0 Å². The third-order valence-electron chi connectivity index (χ3n) is 2.97. The van der Waals surface area contributed by atoms with Gasteiger partial charge in [-0.2, -0.15) is 5.10 Å². The largest absolute Gasteiger partial charge is 0.309 e. The number of nitrogens with one attached hydrogen (secondary N) is 2. The minimum atomic E-state index is 0.0214. The first kappa shape index (κ1) is 18.4. The Morgan fingerprint density at radius 2 is 2.22 bits per heavy atom. The number of H-pyrrole nitrogens is 1. The van der Waals surface area contributed by atoms with Crippen LogP contribution in [0.5, 0.6) is 0 Å². The van der Waals surface area contributed by atoms with Crippen LogP contribution in [0.2, 0.25) is 0 Å². The SMILES string of the molecule is CN(C)CCSSCCCC(=O)Nc1cc(-c2cccs2)[nH]n1. The molecule has 126 valence electrons. The van der Waals surface area contributed by atoms with Crippen LogP contribution in [0, 0.1) is 0 Å². The molecule has 2 N–H and O–H groups in total. The quantitative estimate of drug-likeness (QED) is 0.492. The molecule has 2 rings (SSSR count). The lowest BCUT2D eigenvalue weighted by Crippen LogP contribution is -2.14. The third-order valence-corrected chi connectivity index (χ3v) is 6.34. The molecular formula is C15H22N4OS3. The van der Waals surface area contributed by atoms with Gasteiger partial charge in [0, 0.05) is 30.5 Å². The molecule has 0 saturated carbocycles.